The molecular formula is C17H35O. The fourth-order valence-corrected chi connectivity index (χ4v) is 2.41. The standard InChI is InChI=1S/C17H35O/c1-2-3-4-5-6-7-8-9-10-11-12-13-14-15-16-17-18/h18H,1-17H2. The predicted molar refractivity (Wildman–Crippen MR) is 81.7 cm³/mol. The largest absolute Gasteiger partial charge is 0.396 e. The zero-order valence-electron chi connectivity index (χ0n) is 12.5. The molecule has 0 unspecified atom stereocenters. The lowest BCUT2D eigenvalue weighted by Crippen LogP contribution is -1.85. The van der Waals surface area contributed by atoms with Crippen molar-refractivity contribution >= 4 is 0 Å². The first-order valence-electron chi connectivity index (χ1n) is 8.32. The Balaban J connectivity index is 2.86. The summed E-state index contributed by atoms with van der Waals surface area (Å²) in [6.07, 6.45) is 20.1. The summed E-state index contributed by atoms with van der Waals surface area (Å²) in [6.45, 7) is 4.24. The molecule has 0 fully saturated rings. The highest BCUT2D eigenvalue weighted by Gasteiger charge is 1.93. The third kappa shape index (κ3) is 16.0. The molecule has 0 aromatic carbocycles. The topological polar surface area (TPSA) is 20.2 Å². The van der Waals surface area contributed by atoms with Gasteiger partial charge in [-0.25, -0.2) is 0 Å². The maximum Gasteiger partial charge on any atom is 0.0431 e. The summed E-state index contributed by atoms with van der Waals surface area (Å²) in [7, 11) is 0. The van der Waals surface area contributed by atoms with Crippen LogP contribution in [-0.2, 0) is 0 Å². The van der Waals surface area contributed by atoms with E-state index >= 15 is 0 Å². The summed E-state index contributed by atoms with van der Waals surface area (Å²) in [5.41, 5.74) is 0. The summed E-state index contributed by atoms with van der Waals surface area (Å²) < 4.78 is 0. The van der Waals surface area contributed by atoms with Gasteiger partial charge >= 0.3 is 0 Å². The van der Waals surface area contributed by atoms with Crippen molar-refractivity contribution in [1.29, 1.82) is 0 Å². The average Bonchev–Trinajstić information content (AvgIpc) is 2.39. The van der Waals surface area contributed by atoms with Gasteiger partial charge in [-0.1, -0.05) is 96.8 Å². The zero-order chi connectivity index (χ0) is 13.3. The predicted octanol–water partition coefficient (Wildman–Crippen LogP) is 5.66. The second kappa shape index (κ2) is 17.0. The molecule has 0 aliphatic heterocycles. The van der Waals surface area contributed by atoms with Gasteiger partial charge < -0.3 is 5.11 Å². The Kier molecular flexibility index (Phi) is 16.9. The smallest absolute Gasteiger partial charge is 0.0431 e. The van der Waals surface area contributed by atoms with E-state index in [0.29, 0.717) is 6.61 Å². The maximum absolute atomic E-state index is 8.65. The van der Waals surface area contributed by atoms with Gasteiger partial charge in [0.1, 0.15) is 0 Å². The number of hydrogen-bond acceptors (Lipinski definition) is 1. The molecule has 0 rings (SSSR count). The van der Waals surface area contributed by atoms with Crippen molar-refractivity contribution in [3.63, 3.8) is 0 Å². The summed E-state index contributed by atoms with van der Waals surface area (Å²) in [5.74, 6) is 0. The van der Waals surface area contributed by atoms with Gasteiger partial charge in [-0.3, -0.25) is 0 Å². The third-order valence-corrected chi connectivity index (χ3v) is 3.66. The molecule has 0 spiro atoms. The van der Waals surface area contributed by atoms with Gasteiger partial charge in [-0.2, -0.15) is 0 Å². The van der Waals surface area contributed by atoms with Crippen LogP contribution in [0.3, 0.4) is 0 Å². The first kappa shape index (κ1) is 18.0. The number of aliphatic hydroxyl groups is 1. The van der Waals surface area contributed by atoms with Crippen LogP contribution in [0.4, 0.5) is 0 Å². The monoisotopic (exact) mass is 255 g/mol. The second-order valence-electron chi connectivity index (χ2n) is 5.53. The average molecular weight is 255 g/mol. The minimum absolute atomic E-state index is 0.370. The Bertz CT molecular complexity index is 118. The molecule has 1 N–H and O–H groups in total. The third-order valence-electron chi connectivity index (χ3n) is 3.66. The van der Waals surface area contributed by atoms with E-state index in [1.807, 2.05) is 0 Å². The fourth-order valence-electron chi connectivity index (χ4n) is 2.41. The van der Waals surface area contributed by atoms with Gasteiger partial charge in [-0.05, 0) is 6.42 Å². The highest BCUT2D eigenvalue weighted by Crippen LogP contribution is 2.13. The van der Waals surface area contributed by atoms with Gasteiger partial charge in [0.25, 0.3) is 0 Å². The molecule has 0 saturated carbocycles. The molecule has 0 bridgehead atoms. The van der Waals surface area contributed by atoms with Gasteiger partial charge in [0.05, 0.1) is 0 Å². The van der Waals surface area contributed by atoms with E-state index in [0.717, 1.165) is 12.8 Å². The Morgan fingerprint density at radius 2 is 0.722 bits per heavy atom. The molecule has 1 nitrogen and oxygen atoms in total. The van der Waals surface area contributed by atoms with Crippen molar-refractivity contribution in [2.24, 2.45) is 0 Å². The lowest BCUT2D eigenvalue weighted by atomic mass is 10.0. The highest BCUT2D eigenvalue weighted by atomic mass is 16.2. The number of unbranched alkanes of at least 4 members (excludes halogenated alkanes) is 14. The van der Waals surface area contributed by atoms with Crippen LogP contribution in [0.25, 0.3) is 0 Å². The van der Waals surface area contributed by atoms with Gasteiger partial charge in [0, 0.05) is 6.61 Å². The van der Waals surface area contributed by atoms with Gasteiger partial charge in [0.2, 0.25) is 0 Å². The fraction of sp³-hybridized carbons (Fsp3) is 0.941. The van der Waals surface area contributed by atoms with Crippen molar-refractivity contribution in [3.05, 3.63) is 6.92 Å². The van der Waals surface area contributed by atoms with E-state index in [1.165, 1.54) is 83.5 Å². The SMILES string of the molecule is [CH2]CCCCCCCCCCCCCCCCO. The van der Waals surface area contributed by atoms with E-state index in [1.54, 1.807) is 0 Å². The Hall–Kier alpha value is -0.0400. The van der Waals surface area contributed by atoms with Gasteiger partial charge in [0.15, 0.2) is 0 Å². The summed E-state index contributed by atoms with van der Waals surface area (Å²) in [6, 6.07) is 0. The lowest BCUT2D eigenvalue weighted by molar-refractivity contribution is 0.282. The normalized spacial score (nSPS) is 11.0. The summed E-state index contributed by atoms with van der Waals surface area (Å²) in [5, 5.41) is 8.65. The van der Waals surface area contributed by atoms with Crippen LogP contribution >= 0.6 is 0 Å². The zero-order valence-corrected chi connectivity index (χ0v) is 12.5. The Morgan fingerprint density at radius 1 is 0.444 bits per heavy atom. The quantitative estimate of drug-likeness (QED) is 0.374. The van der Waals surface area contributed by atoms with E-state index in [9.17, 15) is 0 Å². The number of hydrogen-bond donors (Lipinski definition) is 1. The first-order chi connectivity index (χ1) is 8.91. The Morgan fingerprint density at radius 3 is 1.00 bits per heavy atom. The molecule has 109 valence electrons. The summed E-state index contributed by atoms with van der Waals surface area (Å²) in [4.78, 5) is 0. The van der Waals surface area contributed by atoms with Crippen molar-refractivity contribution in [2.45, 2.75) is 96.3 Å². The molecule has 0 aliphatic rings. The van der Waals surface area contributed by atoms with Crippen LogP contribution < -0.4 is 0 Å². The van der Waals surface area contributed by atoms with Crippen LogP contribution in [-0.4, -0.2) is 11.7 Å². The van der Waals surface area contributed by atoms with Crippen molar-refractivity contribution < 1.29 is 5.11 Å². The molecule has 0 heterocycles. The van der Waals surface area contributed by atoms with Crippen LogP contribution in [0.15, 0.2) is 0 Å². The minimum Gasteiger partial charge on any atom is -0.396 e. The van der Waals surface area contributed by atoms with E-state index in [4.69, 9.17) is 5.11 Å². The van der Waals surface area contributed by atoms with Gasteiger partial charge in [-0.15, -0.1) is 0 Å². The van der Waals surface area contributed by atoms with E-state index in [2.05, 4.69) is 6.92 Å². The molecule has 0 aromatic heterocycles. The van der Waals surface area contributed by atoms with E-state index < -0.39 is 0 Å². The molecular weight excluding hydrogens is 220 g/mol. The molecule has 1 radical (unpaired) electrons. The van der Waals surface area contributed by atoms with E-state index in [-0.39, 0.29) is 0 Å². The van der Waals surface area contributed by atoms with Crippen molar-refractivity contribution in [2.75, 3.05) is 6.61 Å². The molecule has 0 saturated heterocycles. The summed E-state index contributed by atoms with van der Waals surface area (Å²) >= 11 is 0. The highest BCUT2D eigenvalue weighted by molar-refractivity contribution is 4.50. The number of rotatable bonds is 15. The minimum atomic E-state index is 0.370. The molecule has 0 aliphatic carbocycles. The molecule has 0 aromatic rings. The van der Waals surface area contributed by atoms with Crippen LogP contribution in [0, 0.1) is 6.92 Å². The lowest BCUT2D eigenvalue weighted by Gasteiger charge is -2.02. The Labute approximate surface area is 115 Å². The maximum atomic E-state index is 8.65. The molecule has 0 atom stereocenters. The number of aliphatic hydroxyl groups excluding tert-OH is 1. The second-order valence-corrected chi connectivity index (χ2v) is 5.53. The molecule has 18 heavy (non-hydrogen) atoms. The van der Waals surface area contributed by atoms with Crippen LogP contribution in [0.2, 0.25) is 0 Å². The molecule has 0 amide bonds. The van der Waals surface area contributed by atoms with Crippen molar-refractivity contribution in [3.8, 4) is 0 Å². The van der Waals surface area contributed by atoms with Crippen molar-refractivity contribution in [1.82, 2.24) is 0 Å². The van der Waals surface area contributed by atoms with Crippen LogP contribution in [0.5, 0.6) is 0 Å². The van der Waals surface area contributed by atoms with Crippen LogP contribution in [0.1, 0.15) is 96.3 Å². The first-order valence-corrected chi connectivity index (χ1v) is 8.32. The molecule has 1 heteroatoms.